The molecule has 0 N–H and O–H groups in total. The molecule has 2 amide bonds. The van der Waals surface area contributed by atoms with Crippen LogP contribution in [0.1, 0.15) is 40.6 Å². The molecule has 1 unspecified atom stereocenters. The van der Waals surface area contributed by atoms with Crippen LogP contribution in [-0.4, -0.2) is 70.9 Å². The van der Waals surface area contributed by atoms with Gasteiger partial charge in [-0.3, -0.25) is 14.6 Å². The fourth-order valence-corrected chi connectivity index (χ4v) is 4.08. The molecule has 4 heterocycles. The molecule has 2 aliphatic rings. The summed E-state index contributed by atoms with van der Waals surface area (Å²) in [5.74, 6) is 1.32. The average Bonchev–Trinajstić information content (AvgIpc) is 2.79. The number of hydrogen-bond donors (Lipinski definition) is 0. The Bertz CT molecular complexity index is 865. The van der Waals surface area contributed by atoms with Gasteiger partial charge >= 0.3 is 0 Å². The third-order valence-electron chi connectivity index (χ3n) is 5.71. The molecule has 0 aromatic carbocycles. The summed E-state index contributed by atoms with van der Waals surface area (Å²) in [7, 11) is 0. The van der Waals surface area contributed by atoms with E-state index in [0.29, 0.717) is 30.3 Å². The first kappa shape index (κ1) is 19.4. The molecule has 0 spiro atoms. The normalized spacial score (nSPS) is 19.9. The van der Waals surface area contributed by atoms with Gasteiger partial charge in [0.2, 0.25) is 0 Å². The monoisotopic (exact) mass is 393 g/mol. The molecule has 2 saturated heterocycles. The molecule has 0 radical (unpaired) electrons. The summed E-state index contributed by atoms with van der Waals surface area (Å²) in [4.78, 5) is 40.3. The van der Waals surface area contributed by atoms with Crippen molar-refractivity contribution in [1.29, 1.82) is 0 Å². The van der Waals surface area contributed by atoms with E-state index in [1.807, 2.05) is 28.0 Å². The van der Waals surface area contributed by atoms with Crippen molar-refractivity contribution in [3.8, 4) is 0 Å². The van der Waals surface area contributed by atoms with Crippen LogP contribution in [0.5, 0.6) is 0 Å². The smallest absolute Gasteiger partial charge is 0.272 e. The van der Waals surface area contributed by atoms with Crippen molar-refractivity contribution >= 4 is 17.6 Å². The van der Waals surface area contributed by atoms with Crippen LogP contribution < -0.4 is 4.90 Å². The van der Waals surface area contributed by atoms with Crippen molar-refractivity contribution in [2.75, 3.05) is 44.2 Å². The summed E-state index contributed by atoms with van der Waals surface area (Å²) in [6.45, 7) is 6.43. The molecular formula is C22H27N5O2. The highest BCUT2D eigenvalue weighted by Gasteiger charge is 2.26. The van der Waals surface area contributed by atoms with E-state index < -0.39 is 0 Å². The molecular weight excluding hydrogens is 366 g/mol. The van der Waals surface area contributed by atoms with Crippen molar-refractivity contribution in [1.82, 2.24) is 19.8 Å². The Morgan fingerprint density at radius 3 is 2.48 bits per heavy atom. The third-order valence-corrected chi connectivity index (χ3v) is 5.71. The topological polar surface area (TPSA) is 69.6 Å². The maximum Gasteiger partial charge on any atom is 0.272 e. The van der Waals surface area contributed by atoms with Crippen molar-refractivity contribution < 1.29 is 9.59 Å². The van der Waals surface area contributed by atoms with Gasteiger partial charge in [0.05, 0.1) is 0 Å². The van der Waals surface area contributed by atoms with Crippen molar-refractivity contribution in [2.24, 2.45) is 5.92 Å². The SMILES string of the molecule is CC1CCCN(C(=O)c2cc(C(=O)N3CCN(c4ccccn4)CC3)ccn2)C1. The number of amides is 2. The summed E-state index contributed by atoms with van der Waals surface area (Å²) in [5, 5.41) is 0. The van der Waals surface area contributed by atoms with Gasteiger partial charge in [-0.1, -0.05) is 13.0 Å². The van der Waals surface area contributed by atoms with Crippen LogP contribution in [0.15, 0.2) is 42.7 Å². The summed E-state index contributed by atoms with van der Waals surface area (Å²) >= 11 is 0. The minimum absolute atomic E-state index is 0.0471. The van der Waals surface area contributed by atoms with Crippen LogP contribution in [0.2, 0.25) is 0 Å². The van der Waals surface area contributed by atoms with E-state index in [1.54, 1.807) is 24.5 Å². The highest BCUT2D eigenvalue weighted by atomic mass is 16.2. The number of carbonyl (C=O) groups is 2. The molecule has 7 nitrogen and oxygen atoms in total. The standard InChI is InChI=1S/C22H27N5O2/c1-17-5-4-10-27(16-17)22(29)19-15-18(7-9-23-19)21(28)26-13-11-25(12-14-26)20-6-2-3-8-24-20/h2-3,6-9,15,17H,4-5,10-14,16H2,1H3. The number of carbonyl (C=O) groups excluding carboxylic acids is 2. The molecule has 0 saturated carbocycles. The number of anilines is 1. The highest BCUT2D eigenvalue weighted by Crippen LogP contribution is 2.19. The Hall–Kier alpha value is -2.96. The second kappa shape index (κ2) is 8.59. The van der Waals surface area contributed by atoms with E-state index in [-0.39, 0.29) is 11.8 Å². The van der Waals surface area contributed by atoms with Crippen molar-refractivity contribution in [2.45, 2.75) is 19.8 Å². The maximum absolute atomic E-state index is 13.0. The first-order valence-corrected chi connectivity index (χ1v) is 10.3. The molecule has 2 aliphatic heterocycles. The number of pyridine rings is 2. The lowest BCUT2D eigenvalue weighted by Gasteiger charge is -2.35. The van der Waals surface area contributed by atoms with Crippen LogP contribution >= 0.6 is 0 Å². The number of nitrogens with zero attached hydrogens (tertiary/aromatic N) is 5. The average molecular weight is 393 g/mol. The van der Waals surface area contributed by atoms with Gasteiger partial charge < -0.3 is 14.7 Å². The molecule has 1 atom stereocenters. The second-order valence-electron chi connectivity index (χ2n) is 7.90. The summed E-state index contributed by atoms with van der Waals surface area (Å²) in [6, 6.07) is 9.20. The lowest BCUT2D eigenvalue weighted by Crippen LogP contribution is -2.49. The zero-order valence-corrected chi connectivity index (χ0v) is 16.8. The fourth-order valence-electron chi connectivity index (χ4n) is 4.08. The second-order valence-corrected chi connectivity index (χ2v) is 7.90. The Morgan fingerprint density at radius 2 is 1.76 bits per heavy atom. The summed E-state index contributed by atoms with van der Waals surface area (Å²) < 4.78 is 0. The first-order chi connectivity index (χ1) is 14.1. The van der Waals surface area contributed by atoms with Gasteiger partial charge in [-0.25, -0.2) is 4.98 Å². The van der Waals surface area contributed by atoms with E-state index in [2.05, 4.69) is 21.8 Å². The molecule has 152 valence electrons. The number of piperazine rings is 1. The third kappa shape index (κ3) is 4.39. The predicted octanol–water partition coefficient (Wildman–Crippen LogP) is 2.31. The van der Waals surface area contributed by atoms with Gasteiger partial charge in [-0.05, 0) is 43.0 Å². The number of rotatable bonds is 3. The lowest BCUT2D eigenvalue weighted by atomic mass is 10.00. The van der Waals surface area contributed by atoms with Crippen LogP contribution in [0, 0.1) is 5.92 Å². The molecule has 29 heavy (non-hydrogen) atoms. The molecule has 4 rings (SSSR count). The fraction of sp³-hybridized carbons (Fsp3) is 0.455. The quantitative estimate of drug-likeness (QED) is 0.800. The largest absolute Gasteiger partial charge is 0.353 e. The Morgan fingerprint density at radius 1 is 0.931 bits per heavy atom. The Kier molecular flexibility index (Phi) is 5.74. The van der Waals surface area contributed by atoms with E-state index in [4.69, 9.17) is 0 Å². The van der Waals surface area contributed by atoms with E-state index in [1.165, 1.54) is 0 Å². The van der Waals surface area contributed by atoms with Crippen LogP contribution in [-0.2, 0) is 0 Å². The van der Waals surface area contributed by atoms with E-state index >= 15 is 0 Å². The van der Waals surface area contributed by atoms with E-state index in [0.717, 1.165) is 44.8 Å². The Labute approximate surface area is 171 Å². The molecule has 2 aromatic heterocycles. The Balaban J connectivity index is 1.41. The summed E-state index contributed by atoms with van der Waals surface area (Å²) in [5.41, 5.74) is 0.886. The number of likely N-dealkylation sites (tertiary alicyclic amines) is 1. The van der Waals surface area contributed by atoms with Gasteiger partial charge in [0, 0.05) is 57.2 Å². The number of hydrogen-bond acceptors (Lipinski definition) is 5. The van der Waals surface area contributed by atoms with Gasteiger partial charge in [-0.2, -0.15) is 0 Å². The number of aromatic nitrogens is 2. The maximum atomic E-state index is 13.0. The minimum atomic E-state index is -0.0776. The molecule has 0 bridgehead atoms. The van der Waals surface area contributed by atoms with E-state index in [9.17, 15) is 9.59 Å². The minimum Gasteiger partial charge on any atom is -0.353 e. The zero-order valence-electron chi connectivity index (χ0n) is 16.8. The van der Waals surface area contributed by atoms with Crippen molar-refractivity contribution in [3.63, 3.8) is 0 Å². The highest BCUT2D eigenvalue weighted by molar-refractivity contribution is 5.98. The number of piperidine rings is 1. The van der Waals surface area contributed by atoms with Crippen LogP contribution in [0.3, 0.4) is 0 Å². The van der Waals surface area contributed by atoms with Gasteiger partial charge in [-0.15, -0.1) is 0 Å². The zero-order chi connectivity index (χ0) is 20.2. The lowest BCUT2D eigenvalue weighted by molar-refractivity contribution is 0.0677. The van der Waals surface area contributed by atoms with Gasteiger partial charge in [0.15, 0.2) is 0 Å². The predicted molar refractivity (Wildman–Crippen MR) is 111 cm³/mol. The van der Waals surface area contributed by atoms with Crippen LogP contribution in [0.25, 0.3) is 0 Å². The molecule has 0 aliphatic carbocycles. The van der Waals surface area contributed by atoms with Crippen molar-refractivity contribution in [3.05, 3.63) is 54.0 Å². The van der Waals surface area contributed by atoms with Gasteiger partial charge in [0.25, 0.3) is 11.8 Å². The summed E-state index contributed by atoms with van der Waals surface area (Å²) in [6.07, 6.45) is 5.52. The molecule has 7 heteroatoms. The first-order valence-electron chi connectivity index (χ1n) is 10.3. The molecule has 2 fully saturated rings. The van der Waals surface area contributed by atoms with Gasteiger partial charge in [0.1, 0.15) is 11.5 Å². The molecule has 2 aromatic rings. The van der Waals surface area contributed by atoms with Crippen LogP contribution in [0.4, 0.5) is 5.82 Å².